The number of amides is 1. The lowest BCUT2D eigenvalue weighted by molar-refractivity contribution is -0.162. The van der Waals surface area contributed by atoms with E-state index < -0.39 is 5.54 Å². The van der Waals surface area contributed by atoms with Crippen LogP contribution in [-0.4, -0.2) is 47.7 Å². The third kappa shape index (κ3) is 3.68. The van der Waals surface area contributed by atoms with Crippen molar-refractivity contribution in [3.63, 3.8) is 0 Å². The maximum Gasteiger partial charge on any atom is 0.242 e. The summed E-state index contributed by atoms with van der Waals surface area (Å²) >= 11 is 0. The van der Waals surface area contributed by atoms with E-state index in [1.165, 1.54) is 0 Å². The van der Waals surface area contributed by atoms with E-state index in [1.54, 1.807) is 0 Å². The Balaban J connectivity index is 2.75. The molecule has 1 amide bonds. The van der Waals surface area contributed by atoms with Gasteiger partial charge >= 0.3 is 0 Å². The van der Waals surface area contributed by atoms with Crippen LogP contribution in [0.4, 0.5) is 0 Å². The maximum absolute atomic E-state index is 12.5. The SMILES string of the molecule is CCNC(C)(C)C(=O)N1CC(C)OC(C)(C)C1. The van der Waals surface area contributed by atoms with Gasteiger partial charge in [0.05, 0.1) is 17.2 Å². The summed E-state index contributed by atoms with van der Waals surface area (Å²) in [7, 11) is 0. The van der Waals surface area contributed by atoms with E-state index in [0.717, 1.165) is 6.54 Å². The number of ether oxygens (including phenoxy) is 1. The standard InChI is InChI=1S/C13H26N2O2/c1-7-14-13(5,6)11(16)15-8-10(2)17-12(3,4)9-15/h10,14H,7-9H2,1-6H3. The fourth-order valence-electron chi connectivity index (χ4n) is 2.52. The third-order valence-corrected chi connectivity index (χ3v) is 3.01. The molecule has 0 spiro atoms. The van der Waals surface area contributed by atoms with Gasteiger partial charge in [0.25, 0.3) is 0 Å². The zero-order valence-corrected chi connectivity index (χ0v) is 12.0. The highest BCUT2D eigenvalue weighted by molar-refractivity contribution is 5.85. The Morgan fingerprint density at radius 3 is 2.59 bits per heavy atom. The van der Waals surface area contributed by atoms with Gasteiger partial charge in [-0.05, 0) is 41.2 Å². The van der Waals surface area contributed by atoms with Crippen LogP contribution in [0.2, 0.25) is 0 Å². The van der Waals surface area contributed by atoms with E-state index in [2.05, 4.69) is 5.32 Å². The second-order valence-electron chi connectivity index (χ2n) is 6.03. The number of carbonyl (C=O) groups is 1. The molecule has 0 aromatic heterocycles. The number of likely N-dealkylation sites (N-methyl/N-ethyl adjacent to an activating group) is 1. The molecule has 100 valence electrons. The largest absolute Gasteiger partial charge is 0.369 e. The van der Waals surface area contributed by atoms with Crippen molar-refractivity contribution < 1.29 is 9.53 Å². The van der Waals surface area contributed by atoms with Gasteiger partial charge in [0, 0.05) is 13.1 Å². The summed E-state index contributed by atoms with van der Waals surface area (Å²) in [6.45, 7) is 14.1. The number of hydrogen-bond acceptors (Lipinski definition) is 3. The van der Waals surface area contributed by atoms with Gasteiger partial charge in [-0.2, -0.15) is 0 Å². The van der Waals surface area contributed by atoms with Gasteiger partial charge in [0.2, 0.25) is 5.91 Å². The first-order valence-corrected chi connectivity index (χ1v) is 6.40. The van der Waals surface area contributed by atoms with E-state index in [9.17, 15) is 4.79 Å². The zero-order chi connectivity index (χ0) is 13.3. The number of nitrogens with zero attached hydrogens (tertiary/aromatic N) is 1. The Hall–Kier alpha value is -0.610. The number of carbonyl (C=O) groups excluding carboxylic acids is 1. The lowest BCUT2D eigenvalue weighted by Crippen LogP contribution is -2.61. The molecule has 0 aliphatic carbocycles. The van der Waals surface area contributed by atoms with Gasteiger partial charge in [-0.15, -0.1) is 0 Å². The first-order chi connectivity index (χ1) is 7.68. The molecule has 1 atom stereocenters. The molecule has 1 aliphatic heterocycles. The third-order valence-electron chi connectivity index (χ3n) is 3.01. The molecule has 1 N–H and O–H groups in total. The summed E-state index contributed by atoms with van der Waals surface area (Å²) in [5.41, 5.74) is -0.752. The van der Waals surface area contributed by atoms with Crippen molar-refractivity contribution in [3.8, 4) is 0 Å². The first-order valence-electron chi connectivity index (χ1n) is 6.40. The van der Waals surface area contributed by atoms with Crippen molar-refractivity contribution in [1.29, 1.82) is 0 Å². The smallest absolute Gasteiger partial charge is 0.242 e. The van der Waals surface area contributed by atoms with Crippen molar-refractivity contribution in [3.05, 3.63) is 0 Å². The number of rotatable bonds is 3. The Morgan fingerprint density at radius 2 is 2.12 bits per heavy atom. The van der Waals surface area contributed by atoms with Crippen molar-refractivity contribution in [2.75, 3.05) is 19.6 Å². The molecule has 0 saturated carbocycles. The average Bonchev–Trinajstić information content (AvgIpc) is 2.13. The molecule has 0 aromatic carbocycles. The lowest BCUT2D eigenvalue weighted by Gasteiger charge is -2.44. The van der Waals surface area contributed by atoms with Gasteiger partial charge in [-0.25, -0.2) is 0 Å². The minimum Gasteiger partial charge on any atom is -0.369 e. The van der Waals surface area contributed by atoms with Crippen LogP contribution in [0.25, 0.3) is 0 Å². The minimum absolute atomic E-state index is 0.0973. The zero-order valence-electron chi connectivity index (χ0n) is 12.0. The van der Waals surface area contributed by atoms with Crippen LogP contribution in [0.5, 0.6) is 0 Å². The fraction of sp³-hybridized carbons (Fsp3) is 0.923. The van der Waals surface area contributed by atoms with Crippen LogP contribution in [-0.2, 0) is 9.53 Å². The lowest BCUT2D eigenvalue weighted by atomic mass is 9.99. The summed E-state index contributed by atoms with van der Waals surface area (Å²) in [4.78, 5) is 14.4. The highest BCUT2D eigenvalue weighted by Crippen LogP contribution is 2.22. The molecule has 1 rings (SSSR count). The molecule has 1 fully saturated rings. The van der Waals surface area contributed by atoms with Gasteiger partial charge in [-0.3, -0.25) is 4.79 Å². The Bertz CT molecular complexity index is 287. The molecular formula is C13H26N2O2. The van der Waals surface area contributed by atoms with Crippen LogP contribution in [0.15, 0.2) is 0 Å². The summed E-state index contributed by atoms with van der Waals surface area (Å²) in [5, 5.41) is 3.23. The summed E-state index contributed by atoms with van der Waals surface area (Å²) in [6.07, 6.45) is 0.0973. The molecule has 0 aromatic rings. The molecule has 0 bridgehead atoms. The van der Waals surface area contributed by atoms with E-state index in [1.807, 2.05) is 46.4 Å². The topological polar surface area (TPSA) is 41.6 Å². The highest BCUT2D eigenvalue weighted by Gasteiger charge is 2.38. The van der Waals surface area contributed by atoms with E-state index in [-0.39, 0.29) is 17.6 Å². The second kappa shape index (κ2) is 4.94. The average molecular weight is 242 g/mol. The molecule has 1 saturated heterocycles. The van der Waals surface area contributed by atoms with Crippen LogP contribution in [0.3, 0.4) is 0 Å². The molecular weight excluding hydrogens is 216 g/mol. The predicted molar refractivity (Wildman–Crippen MR) is 69.0 cm³/mol. The Morgan fingerprint density at radius 1 is 1.53 bits per heavy atom. The van der Waals surface area contributed by atoms with Crippen LogP contribution in [0.1, 0.15) is 41.5 Å². The highest BCUT2D eigenvalue weighted by atomic mass is 16.5. The number of hydrogen-bond donors (Lipinski definition) is 1. The van der Waals surface area contributed by atoms with Crippen molar-refractivity contribution in [1.82, 2.24) is 10.2 Å². The quantitative estimate of drug-likeness (QED) is 0.813. The van der Waals surface area contributed by atoms with Crippen LogP contribution in [0, 0.1) is 0 Å². The van der Waals surface area contributed by atoms with Crippen molar-refractivity contribution >= 4 is 5.91 Å². The molecule has 17 heavy (non-hydrogen) atoms. The Labute approximate surface area is 105 Å². The molecule has 0 radical (unpaired) electrons. The predicted octanol–water partition coefficient (Wildman–Crippen LogP) is 1.40. The fourth-order valence-corrected chi connectivity index (χ4v) is 2.52. The van der Waals surface area contributed by atoms with Crippen LogP contribution < -0.4 is 5.32 Å². The van der Waals surface area contributed by atoms with E-state index in [0.29, 0.717) is 13.1 Å². The second-order valence-corrected chi connectivity index (χ2v) is 6.03. The first kappa shape index (κ1) is 14.5. The van der Waals surface area contributed by atoms with Gasteiger partial charge in [0.15, 0.2) is 0 Å². The molecule has 1 aliphatic rings. The monoisotopic (exact) mass is 242 g/mol. The Kier molecular flexibility index (Phi) is 4.20. The molecule has 1 heterocycles. The van der Waals surface area contributed by atoms with E-state index >= 15 is 0 Å². The molecule has 4 heteroatoms. The van der Waals surface area contributed by atoms with Crippen molar-refractivity contribution in [2.24, 2.45) is 0 Å². The van der Waals surface area contributed by atoms with Crippen LogP contribution >= 0.6 is 0 Å². The number of morpholine rings is 1. The maximum atomic E-state index is 12.5. The molecule has 1 unspecified atom stereocenters. The normalized spacial score (nSPS) is 24.8. The number of nitrogens with one attached hydrogen (secondary N) is 1. The van der Waals surface area contributed by atoms with Gasteiger partial charge in [0.1, 0.15) is 0 Å². The summed E-state index contributed by atoms with van der Waals surface area (Å²) in [5.74, 6) is 0.155. The minimum atomic E-state index is -0.498. The molecule has 4 nitrogen and oxygen atoms in total. The summed E-state index contributed by atoms with van der Waals surface area (Å²) < 4.78 is 5.81. The summed E-state index contributed by atoms with van der Waals surface area (Å²) in [6, 6.07) is 0. The van der Waals surface area contributed by atoms with Gasteiger partial charge < -0.3 is 15.0 Å². The van der Waals surface area contributed by atoms with Gasteiger partial charge in [-0.1, -0.05) is 6.92 Å². The van der Waals surface area contributed by atoms with E-state index in [4.69, 9.17) is 4.74 Å². The van der Waals surface area contributed by atoms with Crippen molar-refractivity contribution in [2.45, 2.75) is 58.8 Å².